The second kappa shape index (κ2) is 15.1. The molecule has 0 saturated carbocycles. The van der Waals surface area contributed by atoms with Gasteiger partial charge in [-0.3, -0.25) is 13.9 Å². The number of likely N-dealkylation sites (N-methyl/N-ethyl adjacent to an activating group) is 1. The molecule has 0 aliphatic carbocycles. The van der Waals surface area contributed by atoms with Crippen LogP contribution in [0.5, 0.6) is 5.75 Å². The van der Waals surface area contributed by atoms with Gasteiger partial charge < -0.3 is 15.0 Å². The Bertz CT molecular complexity index is 1670. The summed E-state index contributed by atoms with van der Waals surface area (Å²) in [5.74, 6) is -0.454. The van der Waals surface area contributed by atoms with Gasteiger partial charge in [0.2, 0.25) is 11.8 Å². The molecule has 0 radical (unpaired) electrons. The van der Waals surface area contributed by atoms with E-state index < -0.39 is 28.5 Å². The summed E-state index contributed by atoms with van der Waals surface area (Å²) in [5.41, 5.74) is 1.76. The number of halogens is 2. The fourth-order valence-corrected chi connectivity index (χ4v) is 6.38. The van der Waals surface area contributed by atoms with Gasteiger partial charge in [-0.2, -0.15) is 0 Å². The van der Waals surface area contributed by atoms with Gasteiger partial charge in [-0.1, -0.05) is 71.7 Å². The minimum Gasteiger partial charge on any atom is -0.497 e. The number of sulfonamides is 1. The largest absolute Gasteiger partial charge is 0.497 e. The first-order valence-corrected chi connectivity index (χ1v) is 16.1. The Kier molecular flexibility index (Phi) is 11.3. The van der Waals surface area contributed by atoms with Crippen LogP contribution >= 0.6 is 23.2 Å². The van der Waals surface area contributed by atoms with Crippen LogP contribution in [0.4, 0.5) is 5.69 Å². The van der Waals surface area contributed by atoms with Crippen molar-refractivity contribution in [1.29, 1.82) is 0 Å². The molecule has 1 N–H and O–H groups in total. The van der Waals surface area contributed by atoms with Crippen LogP contribution < -0.4 is 14.4 Å². The lowest BCUT2D eigenvalue weighted by atomic mass is 10.0. The molecule has 0 saturated heterocycles. The number of carbonyl (C=O) groups excluding carboxylic acids is 2. The van der Waals surface area contributed by atoms with E-state index in [0.717, 1.165) is 15.4 Å². The zero-order chi connectivity index (χ0) is 31.7. The lowest BCUT2D eigenvalue weighted by Crippen LogP contribution is -2.53. The molecular formula is C33H33Cl2N3O5S. The highest BCUT2D eigenvalue weighted by atomic mass is 35.5. The Balaban J connectivity index is 1.79. The molecule has 0 aromatic heterocycles. The van der Waals surface area contributed by atoms with Crippen molar-refractivity contribution in [2.45, 2.75) is 30.8 Å². The number of benzene rings is 4. The normalized spacial score (nSPS) is 11.8. The molecule has 0 fully saturated rings. The van der Waals surface area contributed by atoms with Crippen LogP contribution in [-0.4, -0.2) is 51.4 Å². The molecule has 2 amide bonds. The minimum absolute atomic E-state index is 0.0383. The van der Waals surface area contributed by atoms with Crippen molar-refractivity contribution in [3.8, 4) is 5.75 Å². The van der Waals surface area contributed by atoms with Gasteiger partial charge in [-0.15, -0.1) is 0 Å². The number of anilines is 1. The molecule has 0 aliphatic heterocycles. The van der Waals surface area contributed by atoms with Gasteiger partial charge in [0.05, 0.1) is 17.7 Å². The first kappa shape index (κ1) is 32.9. The number of nitrogens with one attached hydrogen (secondary N) is 1. The average molecular weight is 655 g/mol. The maximum absolute atomic E-state index is 14.4. The molecule has 4 aromatic rings. The molecule has 4 rings (SSSR count). The Morgan fingerprint density at radius 3 is 2.14 bits per heavy atom. The first-order chi connectivity index (χ1) is 21.1. The van der Waals surface area contributed by atoms with E-state index in [2.05, 4.69) is 5.32 Å². The maximum Gasteiger partial charge on any atom is 0.264 e. The van der Waals surface area contributed by atoms with Crippen molar-refractivity contribution in [3.05, 3.63) is 124 Å². The van der Waals surface area contributed by atoms with Crippen molar-refractivity contribution in [3.63, 3.8) is 0 Å². The van der Waals surface area contributed by atoms with Crippen LogP contribution in [0.2, 0.25) is 10.0 Å². The van der Waals surface area contributed by atoms with Crippen LogP contribution in [0.25, 0.3) is 0 Å². The van der Waals surface area contributed by atoms with Crippen molar-refractivity contribution in [2.24, 2.45) is 0 Å². The highest BCUT2D eigenvalue weighted by molar-refractivity contribution is 7.92. The molecule has 11 heteroatoms. The molecule has 1 atom stereocenters. The fourth-order valence-electron chi connectivity index (χ4n) is 4.67. The van der Waals surface area contributed by atoms with Crippen LogP contribution in [0.1, 0.15) is 18.1 Å². The molecule has 44 heavy (non-hydrogen) atoms. The summed E-state index contributed by atoms with van der Waals surface area (Å²) < 4.78 is 34.3. The number of ether oxygens (including phenoxy) is 1. The first-order valence-electron chi connectivity index (χ1n) is 13.9. The van der Waals surface area contributed by atoms with Crippen molar-refractivity contribution >= 4 is 50.7 Å². The highest BCUT2D eigenvalue weighted by Gasteiger charge is 2.34. The van der Waals surface area contributed by atoms with E-state index in [-0.39, 0.29) is 29.5 Å². The highest BCUT2D eigenvalue weighted by Crippen LogP contribution is 2.28. The standard InChI is InChI=1S/C33H33Cl2N3O5S/c1-3-36-33(40)31(20-24-8-5-4-6-9-24)37(22-25-12-14-26(34)15-13-25)32(39)23-38(28-11-7-10-27(35)21-28)44(41,42)30-18-16-29(43-2)17-19-30/h4-19,21,31H,3,20,22-23H2,1-2H3,(H,36,40)/t31-/m1/s1. The number of hydrogen-bond donors (Lipinski definition) is 1. The zero-order valence-corrected chi connectivity index (χ0v) is 26.6. The van der Waals surface area contributed by atoms with E-state index in [1.807, 2.05) is 30.3 Å². The van der Waals surface area contributed by atoms with Crippen LogP contribution in [-0.2, 0) is 32.6 Å². The monoisotopic (exact) mass is 653 g/mol. The fraction of sp³-hybridized carbons (Fsp3) is 0.212. The lowest BCUT2D eigenvalue weighted by Gasteiger charge is -2.34. The third-order valence-electron chi connectivity index (χ3n) is 6.91. The summed E-state index contributed by atoms with van der Waals surface area (Å²) in [4.78, 5) is 29.3. The van der Waals surface area contributed by atoms with Crippen molar-refractivity contribution < 1.29 is 22.7 Å². The summed E-state index contributed by atoms with van der Waals surface area (Å²) in [6.45, 7) is 1.60. The molecule has 8 nitrogen and oxygen atoms in total. The summed E-state index contributed by atoms with van der Waals surface area (Å²) in [5, 5.41) is 3.66. The van der Waals surface area contributed by atoms with Crippen LogP contribution in [0, 0.1) is 0 Å². The van der Waals surface area contributed by atoms with E-state index in [9.17, 15) is 18.0 Å². The number of amides is 2. The smallest absolute Gasteiger partial charge is 0.264 e. The second-order valence-corrected chi connectivity index (χ2v) is 12.7. The van der Waals surface area contributed by atoms with Gasteiger partial charge in [0.15, 0.2) is 0 Å². The molecule has 0 unspecified atom stereocenters. The second-order valence-electron chi connectivity index (χ2n) is 9.92. The third-order valence-corrected chi connectivity index (χ3v) is 9.19. The SMILES string of the molecule is CCNC(=O)[C@@H](Cc1ccccc1)N(Cc1ccc(Cl)cc1)C(=O)CN(c1cccc(Cl)c1)S(=O)(=O)c1ccc(OC)cc1. The summed E-state index contributed by atoms with van der Waals surface area (Å²) >= 11 is 12.4. The predicted molar refractivity (Wildman–Crippen MR) is 174 cm³/mol. The Hall–Kier alpha value is -4.05. The quantitative estimate of drug-likeness (QED) is 0.192. The molecule has 4 aromatic carbocycles. The Morgan fingerprint density at radius 2 is 1.52 bits per heavy atom. The van der Waals surface area contributed by atoms with Gasteiger partial charge in [-0.05, 0) is 72.6 Å². The van der Waals surface area contributed by atoms with E-state index in [1.165, 1.54) is 42.3 Å². The van der Waals surface area contributed by atoms with Crippen LogP contribution in [0.3, 0.4) is 0 Å². The van der Waals surface area contributed by atoms with Crippen LogP contribution in [0.15, 0.2) is 108 Å². The minimum atomic E-state index is -4.26. The van der Waals surface area contributed by atoms with E-state index >= 15 is 0 Å². The zero-order valence-electron chi connectivity index (χ0n) is 24.3. The lowest BCUT2D eigenvalue weighted by molar-refractivity contribution is -0.140. The van der Waals surface area contributed by atoms with E-state index in [1.54, 1.807) is 49.4 Å². The Morgan fingerprint density at radius 1 is 0.841 bits per heavy atom. The Labute approximate surface area is 268 Å². The molecule has 0 bridgehead atoms. The summed E-state index contributed by atoms with van der Waals surface area (Å²) in [7, 11) is -2.78. The number of methoxy groups -OCH3 is 1. The summed E-state index contributed by atoms with van der Waals surface area (Å²) in [6.07, 6.45) is 0.217. The topological polar surface area (TPSA) is 96.0 Å². The van der Waals surface area contributed by atoms with Gasteiger partial charge in [0.1, 0.15) is 18.3 Å². The molecular weight excluding hydrogens is 621 g/mol. The number of hydrogen-bond acceptors (Lipinski definition) is 5. The molecule has 0 spiro atoms. The van der Waals surface area contributed by atoms with Crippen molar-refractivity contribution in [2.75, 3.05) is 24.5 Å². The number of nitrogens with zero attached hydrogens (tertiary/aromatic N) is 2. The number of rotatable bonds is 13. The van der Waals surface area contributed by atoms with E-state index in [4.69, 9.17) is 27.9 Å². The maximum atomic E-state index is 14.4. The molecule has 0 heterocycles. The van der Waals surface area contributed by atoms with Gasteiger partial charge in [-0.25, -0.2) is 8.42 Å². The predicted octanol–water partition coefficient (Wildman–Crippen LogP) is 5.97. The van der Waals surface area contributed by atoms with Gasteiger partial charge in [0, 0.05) is 29.6 Å². The molecule has 0 aliphatic rings. The third kappa shape index (κ3) is 8.31. The van der Waals surface area contributed by atoms with Gasteiger partial charge >= 0.3 is 0 Å². The van der Waals surface area contributed by atoms with E-state index in [0.29, 0.717) is 22.3 Å². The van der Waals surface area contributed by atoms with Gasteiger partial charge in [0.25, 0.3) is 10.0 Å². The molecule has 230 valence electrons. The van der Waals surface area contributed by atoms with Crippen molar-refractivity contribution in [1.82, 2.24) is 10.2 Å². The average Bonchev–Trinajstić information content (AvgIpc) is 3.02. The summed E-state index contributed by atoms with van der Waals surface area (Å²) in [6, 6.07) is 27.5. The number of carbonyl (C=O) groups is 2.